The molecule has 0 spiro atoms. The molecule has 0 bridgehead atoms. The molecule has 86 valence electrons. The van der Waals surface area contributed by atoms with Gasteiger partial charge in [0, 0.05) is 11.6 Å². The van der Waals surface area contributed by atoms with Crippen LogP contribution in [0.15, 0.2) is 12.1 Å². The van der Waals surface area contributed by atoms with Gasteiger partial charge in [0.2, 0.25) is 0 Å². The Kier molecular flexibility index (Phi) is 5.07. The van der Waals surface area contributed by atoms with Crippen LogP contribution in [0.25, 0.3) is 0 Å². The second-order valence-electron chi connectivity index (χ2n) is 3.06. The molecule has 3 N–H and O–H groups in total. The van der Waals surface area contributed by atoms with E-state index < -0.39 is 29.6 Å². The lowest BCUT2D eigenvalue weighted by atomic mass is 10.0. The number of aliphatic hydroxyl groups is 1. The van der Waals surface area contributed by atoms with Crippen molar-refractivity contribution in [2.75, 3.05) is 0 Å². The molecule has 0 unspecified atom stereocenters. The lowest BCUT2D eigenvalue weighted by molar-refractivity contribution is 0.162. The Morgan fingerprint density at radius 3 is 2.27 bits per heavy atom. The summed E-state index contributed by atoms with van der Waals surface area (Å²) in [5, 5.41) is 9.04. The van der Waals surface area contributed by atoms with Gasteiger partial charge in [-0.2, -0.15) is 0 Å². The molecule has 1 rings (SSSR count). The zero-order valence-corrected chi connectivity index (χ0v) is 8.69. The quantitative estimate of drug-likeness (QED) is 0.777. The first-order valence-corrected chi connectivity index (χ1v) is 4.01. The van der Waals surface area contributed by atoms with Gasteiger partial charge in [-0.25, -0.2) is 13.2 Å². The van der Waals surface area contributed by atoms with Gasteiger partial charge >= 0.3 is 0 Å². The number of halogens is 4. The number of nitrogens with two attached hydrogens (primary N) is 1. The van der Waals surface area contributed by atoms with Crippen LogP contribution < -0.4 is 5.73 Å². The summed E-state index contributed by atoms with van der Waals surface area (Å²) in [5.41, 5.74) is 4.99. The molecule has 0 radical (unpaired) electrons. The van der Waals surface area contributed by atoms with Gasteiger partial charge in [-0.1, -0.05) is 0 Å². The Morgan fingerprint density at radius 1 is 1.27 bits per heavy atom. The largest absolute Gasteiger partial charge is 0.391 e. The van der Waals surface area contributed by atoms with E-state index in [4.69, 9.17) is 10.8 Å². The van der Waals surface area contributed by atoms with Crippen LogP contribution in [0.5, 0.6) is 0 Å². The average Bonchev–Trinajstić information content (AvgIpc) is 2.09. The van der Waals surface area contributed by atoms with Gasteiger partial charge in [0.1, 0.15) is 5.82 Å². The maximum Gasteiger partial charge on any atom is 0.163 e. The molecule has 0 heterocycles. The van der Waals surface area contributed by atoms with Crippen molar-refractivity contribution in [3.05, 3.63) is 35.1 Å². The summed E-state index contributed by atoms with van der Waals surface area (Å²) >= 11 is 0. The van der Waals surface area contributed by atoms with Crippen molar-refractivity contribution >= 4 is 12.4 Å². The minimum Gasteiger partial charge on any atom is -0.391 e. The SMILES string of the molecule is C[C@@H](O)[C@@H](N)c1cc(F)cc(F)c1F.Cl. The second kappa shape index (κ2) is 5.34. The Hall–Kier alpha value is -0.780. The van der Waals surface area contributed by atoms with Crippen molar-refractivity contribution in [2.24, 2.45) is 5.73 Å². The van der Waals surface area contributed by atoms with Gasteiger partial charge in [0.05, 0.1) is 12.1 Å². The molecule has 0 amide bonds. The number of hydrogen-bond acceptors (Lipinski definition) is 2. The molecule has 0 aliphatic heterocycles. The highest BCUT2D eigenvalue weighted by Crippen LogP contribution is 2.21. The maximum absolute atomic E-state index is 13.1. The Morgan fingerprint density at radius 2 is 1.80 bits per heavy atom. The standard InChI is InChI=1S/C9H10F3NO.ClH/c1-4(14)9(13)6-2-5(10)3-7(11)8(6)12;/h2-4,9,14H,13H2,1H3;1H/t4-,9-;/m1./s1. The smallest absolute Gasteiger partial charge is 0.163 e. The molecule has 2 nitrogen and oxygen atoms in total. The zero-order chi connectivity index (χ0) is 10.9. The van der Waals surface area contributed by atoms with Crippen LogP contribution in [-0.4, -0.2) is 11.2 Å². The predicted molar refractivity (Wildman–Crippen MR) is 52.2 cm³/mol. The summed E-state index contributed by atoms with van der Waals surface area (Å²) < 4.78 is 38.5. The Balaban J connectivity index is 0.00000196. The van der Waals surface area contributed by atoms with Gasteiger partial charge in [-0.05, 0) is 13.0 Å². The van der Waals surface area contributed by atoms with E-state index in [2.05, 4.69) is 0 Å². The molecule has 0 fully saturated rings. The molecule has 0 aliphatic rings. The van der Waals surface area contributed by atoms with E-state index in [0.717, 1.165) is 6.07 Å². The van der Waals surface area contributed by atoms with E-state index in [9.17, 15) is 13.2 Å². The third-order valence-electron chi connectivity index (χ3n) is 1.90. The molecule has 0 saturated carbocycles. The molecule has 0 aromatic heterocycles. The monoisotopic (exact) mass is 241 g/mol. The fourth-order valence-corrected chi connectivity index (χ4v) is 1.08. The van der Waals surface area contributed by atoms with Crippen molar-refractivity contribution in [3.8, 4) is 0 Å². The Bertz CT molecular complexity index is 346. The van der Waals surface area contributed by atoms with Gasteiger partial charge < -0.3 is 10.8 Å². The normalized spacial score (nSPS) is 14.3. The van der Waals surface area contributed by atoms with Crippen molar-refractivity contribution < 1.29 is 18.3 Å². The first kappa shape index (κ1) is 14.2. The summed E-state index contributed by atoms with van der Waals surface area (Å²) in [6, 6.07) is 0.0591. The van der Waals surface area contributed by atoms with Crippen LogP contribution in [0, 0.1) is 17.5 Å². The first-order valence-electron chi connectivity index (χ1n) is 4.01. The van der Waals surface area contributed by atoms with Crippen LogP contribution in [-0.2, 0) is 0 Å². The maximum atomic E-state index is 13.1. The topological polar surface area (TPSA) is 46.2 Å². The molecule has 15 heavy (non-hydrogen) atoms. The third kappa shape index (κ3) is 3.09. The van der Waals surface area contributed by atoms with Crippen molar-refractivity contribution in [2.45, 2.75) is 19.1 Å². The minimum absolute atomic E-state index is 0. The molecule has 0 saturated heterocycles. The zero-order valence-electron chi connectivity index (χ0n) is 7.88. The molecular formula is C9H11ClF3NO. The van der Waals surface area contributed by atoms with Crippen molar-refractivity contribution in [1.29, 1.82) is 0 Å². The highest BCUT2D eigenvalue weighted by Gasteiger charge is 2.20. The molecule has 1 aromatic carbocycles. The highest BCUT2D eigenvalue weighted by molar-refractivity contribution is 5.85. The van der Waals surface area contributed by atoms with Gasteiger partial charge in [0.25, 0.3) is 0 Å². The summed E-state index contributed by atoms with van der Waals surface area (Å²) in [6.07, 6.45) is -1.08. The van der Waals surface area contributed by atoms with Gasteiger partial charge in [-0.3, -0.25) is 0 Å². The number of benzene rings is 1. The van der Waals surface area contributed by atoms with Crippen LogP contribution in [0.2, 0.25) is 0 Å². The lowest BCUT2D eigenvalue weighted by Gasteiger charge is -2.15. The van der Waals surface area contributed by atoms with E-state index in [1.165, 1.54) is 6.92 Å². The molecular weight excluding hydrogens is 231 g/mol. The Labute approximate surface area is 91.3 Å². The fourth-order valence-electron chi connectivity index (χ4n) is 1.08. The van der Waals surface area contributed by atoms with Crippen LogP contribution in [0.1, 0.15) is 18.5 Å². The molecule has 0 aliphatic carbocycles. The van der Waals surface area contributed by atoms with E-state index in [0.29, 0.717) is 6.07 Å². The van der Waals surface area contributed by atoms with E-state index in [1.807, 2.05) is 0 Å². The predicted octanol–water partition coefficient (Wildman–Crippen LogP) is 1.91. The molecule has 6 heteroatoms. The van der Waals surface area contributed by atoms with Crippen molar-refractivity contribution in [3.63, 3.8) is 0 Å². The fraction of sp³-hybridized carbons (Fsp3) is 0.333. The van der Waals surface area contributed by atoms with Gasteiger partial charge in [0.15, 0.2) is 11.6 Å². The summed E-state index contributed by atoms with van der Waals surface area (Å²) in [4.78, 5) is 0. The number of aliphatic hydroxyl groups excluding tert-OH is 1. The minimum atomic E-state index is -1.31. The van der Waals surface area contributed by atoms with E-state index in [1.54, 1.807) is 0 Å². The van der Waals surface area contributed by atoms with Crippen LogP contribution in [0.3, 0.4) is 0 Å². The summed E-state index contributed by atoms with van der Waals surface area (Å²) in [6.45, 7) is 1.31. The number of rotatable bonds is 2. The van der Waals surface area contributed by atoms with Gasteiger partial charge in [-0.15, -0.1) is 12.4 Å². The molecule has 1 aromatic rings. The summed E-state index contributed by atoms with van der Waals surface area (Å²) in [7, 11) is 0. The lowest BCUT2D eigenvalue weighted by Crippen LogP contribution is -2.24. The van der Waals surface area contributed by atoms with E-state index in [-0.39, 0.29) is 18.0 Å². The average molecular weight is 242 g/mol. The molecule has 2 atom stereocenters. The third-order valence-corrected chi connectivity index (χ3v) is 1.90. The number of hydrogen-bond donors (Lipinski definition) is 2. The first-order chi connectivity index (χ1) is 6.43. The second-order valence-corrected chi connectivity index (χ2v) is 3.06. The highest BCUT2D eigenvalue weighted by atomic mass is 35.5. The van der Waals surface area contributed by atoms with E-state index >= 15 is 0 Å². The van der Waals surface area contributed by atoms with Crippen LogP contribution in [0.4, 0.5) is 13.2 Å². The van der Waals surface area contributed by atoms with Crippen LogP contribution >= 0.6 is 12.4 Å². The van der Waals surface area contributed by atoms with Crippen molar-refractivity contribution in [1.82, 2.24) is 0 Å². The summed E-state index contributed by atoms with van der Waals surface area (Å²) in [5.74, 6) is -3.45.